The Labute approximate surface area is 145 Å². The summed E-state index contributed by atoms with van der Waals surface area (Å²) in [6.07, 6.45) is 3.46. The number of nitrogens with zero attached hydrogens (tertiary/aromatic N) is 3. The van der Waals surface area contributed by atoms with Crippen LogP contribution in [0.4, 0.5) is 10.3 Å². The highest BCUT2D eigenvalue weighted by Crippen LogP contribution is 2.27. The average molecular weight is 342 g/mol. The van der Waals surface area contributed by atoms with Crippen molar-refractivity contribution in [2.45, 2.75) is 18.9 Å². The third kappa shape index (κ3) is 3.46. The highest BCUT2D eigenvalue weighted by molar-refractivity contribution is 6.00. The fourth-order valence-corrected chi connectivity index (χ4v) is 2.80. The van der Waals surface area contributed by atoms with Crippen molar-refractivity contribution in [3.05, 3.63) is 41.8 Å². The molecule has 130 valence electrons. The molecule has 0 unspecified atom stereocenters. The number of rotatable bonds is 4. The van der Waals surface area contributed by atoms with Gasteiger partial charge in [-0.3, -0.25) is 4.79 Å². The van der Waals surface area contributed by atoms with Crippen molar-refractivity contribution in [1.82, 2.24) is 15.3 Å². The Morgan fingerprint density at radius 1 is 1.24 bits per heavy atom. The molecule has 1 aromatic heterocycles. The van der Waals surface area contributed by atoms with E-state index in [-0.39, 0.29) is 11.9 Å². The number of ether oxygens (including phenoxy) is 1. The van der Waals surface area contributed by atoms with Gasteiger partial charge in [0.1, 0.15) is 5.82 Å². The van der Waals surface area contributed by atoms with Gasteiger partial charge in [-0.2, -0.15) is 0 Å². The number of morpholine rings is 1. The number of carbonyl (C=O) groups excluding carboxylic acids is 1. The van der Waals surface area contributed by atoms with Crippen molar-refractivity contribution in [1.29, 1.82) is 0 Å². The van der Waals surface area contributed by atoms with Gasteiger partial charge >= 0.3 is 0 Å². The summed E-state index contributed by atoms with van der Waals surface area (Å²) in [6, 6.07) is 6.56. The zero-order chi connectivity index (χ0) is 17.2. The van der Waals surface area contributed by atoms with Gasteiger partial charge in [0.25, 0.3) is 5.91 Å². The lowest BCUT2D eigenvalue weighted by molar-refractivity contribution is 0.0951. The van der Waals surface area contributed by atoms with Gasteiger partial charge < -0.3 is 15.0 Å². The first kappa shape index (κ1) is 16.0. The summed E-state index contributed by atoms with van der Waals surface area (Å²) in [4.78, 5) is 23.4. The van der Waals surface area contributed by atoms with Crippen LogP contribution in [0.15, 0.2) is 30.5 Å². The van der Waals surface area contributed by atoms with E-state index in [1.54, 1.807) is 18.2 Å². The first-order chi connectivity index (χ1) is 12.2. The lowest BCUT2D eigenvalue weighted by Gasteiger charge is -2.27. The highest BCUT2D eigenvalue weighted by Gasteiger charge is 2.27. The molecule has 4 rings (SSSR count). The molecule has 1 saturated heterocycles. The molecule has 1 aliphatic carbocycles. The Kier molecular flexibility index (Phi) is 4.31. The molecule has 2 aliphatic rings. The monoisotopic (exact) mass is 342 g/mol. The largest absolute Gasteiger partial charge is 0.378 e. The molecule has 2 fully saturated rings. The number of hydrogen-bond acceptors (Lipinski definition) is 5. The lowest BCUT2D eigenvalue weighted by Crippen LogP contribution is -2.37. The van der Waals surface area contributed by atoms with Crippen molar-refractivity contribution in [3.63, 3.8) is 0 Å². The van der Waals surface area contributed by atoms with Gasteiger partial charge in [0.15, 0.2) is 0 Å². The summed E-state index contributed by atoms with van der Waals surface area (Å²) < 4.78 is 19.7. The molecule has 1 N–H and O–H groups in total. The second-order valence-electron chi connectivity index (χ2n) is 6.26. The summed E-state index contributed by atoms with van der Waals surface area (Å²) in [5.41, 5.74) is 0.933. The Morgan fingerprint density at radius 3 is 2.72 bits per heavy atom. The predicted octanol–water partition coefficient (Wildman–Crippen LogP) is 2.01. The fourth-order valence-electron chi connectivity index (χ4n) is 2.80. The molecule has 2 heterocycles. The molecule has 1 aliphatic heterocycles. The van der Waals surface area contributed by atoms with E-state index in [1.165, 1.54) is 12.3 Å². The van der Waals surface area contributed by atoms with Crippen LogP contribution >= 0.6 is 0 Å². The summed E-state index contributed by atoms with van der Waals surface area (Å²) in [5, 5.41) is 2.92. The Hall–Kier alpha value is -2.54. The minimum Gasteiger partial charge on any atom is -0.378 e. The van der Waals surface area contributed by atoms with Crippen molar-refractivity contribution in [2.24, 2.45) is 0 Å². The lowest BCUT2D eigenvalue weighted by atomic mass is 10.1. The number of anilines is 1. The Morgan fingerprint density at radius 2 is 2.00 bits per heavy atom. The van der Waals surface area contributed by atoms with Crippen LogP contribution < -0.4 is 10.2 Å². The highest BCUT2D eigenvalue weighted by atomic mass is 19.1. The number of amides is 1. The molecule has 0 bridgehead atoms. The quantitative estimate of drug-likeness (QED) is 0.921. The first-order valence-electron chi connectivity index (χ1n) is 8.48. The maximum atomic E-state index is 14.3. The topological polar surface area (TPSA) is 67.4 Å². The fraction of sp³-hybridized carbons (Fsp3) is 0.389. The number of benzene rings is 1. The van der Waals surface area contributed by atoms with Crippen molar-refractivity contribution in [2.75, 3.05) is 31.2 Å². The van der Waals surface area contributed by atoms with Crippen LogP contribution in [0, 0.1) is 5.82 Å². The van der Waals surface area contributed by atoms with Crippen molar-refractivity contribution in [3.8, 4) is 11.3 Å². The van der Waals surface area contributed by atoms with E-state index in [0.717, 1.165) is 12.8 Å². The van der Waals surface area contributed by atoms with Crippen molar-refractivity contribution < 1.29 is 13.9 Å². The van der Waals surface area contributed by atoms with Crippen LogP contribution in [0.25, 0.3) is 11.3 Å². The smallest absolute Gasteiger partial charge is 0.255 e. The van der Waals surface area contributed by atoms with E-state index in [9.17, 15) is 9.18 Å². The summed E-state index contributed by atoms with van der Waals surface area (Å²) in [7, 11) is 0. The zero-order valence-electron chi connectivity index (χ0n) is 13.7. The van der Waals surface area contributed by atoms with Crippen LogP contribution in [0.3, 0.4) is 0 Å². The van der Waals surface area contributed by atoms with Gasteiger partial charge in [-0.25, -0.2) is 14.4 Å². The van der Waals surface area contributed by atoms with Gasteiger partial charge in [0.2, 0.25) is 5.95 Å². The SMILES string of the molecule is O=C(NC1CC1)c1cnc(N2CCOCC2)nc1-c1ccccc1F. The van der Waals surface area contributed by atoms with Gasteiger partial charge in [-0.1, -0.05) is 12.1 Å². The second kappa shape index (κ2) is 6.76. The number of hydrogen-bond donors (Lipinski definition) is 1. The van der Waals surface area contributed by atoms with E-state index >= 15 is 0 Å². The minimum atomic E-state index is -0.408. The van der Waals surface area contributed by atoms with E-state index in [1.807, 2.05) is 4.90 Å². The predicted molar refractivity (Wildman–Crippen MR) is 90.9 cm³/mol. The summed E-state index contributed by atoms with van der Waals surface area (Å²) in [5.74, 6) is -0.173. The van der Waals surface area contributed by atoms with E-state index in [0.29, 0.717) is 49.1 Å². The number of aromatic nitrogens is 2. The van der Waals surface area contributed by atoms with Crippen LogP contribution in [0.5, 0.6) is 0 Å². The third-order valence-corrected chi connectivity index (χ3v) is 4.36. The van der Waals surface area contributed by atoms with E-state index < -0.39 is 5.82 Å². The maximum absolute atomic E-state index is 14.3. The summed E-state index contributed by atoms with van der Waals surface area (Å²) in [6.45, 7) is 2.54. The number of halogens is 1. The molecule has 7 heteroatoms. The molecule has 6 nitrogen and oxygen atoms in total. The molecule has 0 atom stereocenters. The molecule has 0 spiro atoms. The van der Waals surface area contributed by atoms with Gasteiger partial charge in [0, 0.05) is 30.9 Å². The second-order valence-corrected chi connectivity index (χ2v) is 6.26. The van der Waals surface area contributed by atoms with Crippen LogP contribution in [0.1, 0.15) is 23.2 Å². The Balaban J connectivity index is 1.75. The normalized spacial score (nSPS) is 17.4. The Bertz CT molecular complexity index is 788. The van der Waals surface area contributed by atoms with Gasteiger partial charge in [-0.05, 0) is 25.0 Å². The van der Waals surface area contributed by atoms with Gasteiger partial charge in [-0.15, -0.1) is 0 Å². The van der Waals surface area contributed by atoms with Crippen LogP contribution in [-0.2, 0) is 4.74 Å². The van der Waals surface area contributed by atoms with Crippen LogP contribution in [0.2, 0.25) is 0 Å². The zero-order valence-corrected chi connectivity index (χ0v) is 13.7. The number of carbonyl (C=O) groups is 1. The standard InChI is InChI=1S/C18H19FN4O2/c19-15-4-2-1-3-13(15)16-14(17(24)21-12-5-6-12)11-20-18(22-16)23-7-9-25-10-8-23/h1-4,11-12H,5-10H2,(H,21,24). The van der Waals surface area contributed by atoms with Crippen molar-refractivity contribution >= 4 is 11.9 Å². The molecule has 2 aromatic rings. The van der Waals surface area contributed by atoms with Crippen LogP contribution in [-0.4, -0.2) is 48.2 Å². The van der Waals surface area contributed by atoms with E-state index in [2.05, 4.69) is 15.3 Å². The van der Waals surface area contributed by atoms with Gasteiger partial charge in [0.05, 0.1) is 24.5 Å². The molecule has 25 heavy (non-hydrogen) atoms. The average Bonchev–Trinajstić information content (AvgIpc) is 3.46. The molecule has 0 radical (unpaired) electrons. The molecule has 1 amide bonds. The molecule has 1 saturated carbocycles. The van der Waals surface area contributed by atoms with E-state index in [4.69, 9.17) is 4.74 Å². The molecular formula is C18H19FN4O2. The summed E-state index contributed by atoms with van der Waals surface area (Å²) >= 11 is 0. The maximum Gasteiger partial charge on any atom is 0.255 e. The first-order valence-corrected chi connectivity index (χ1v) is 8.48. The molecular weight excluding hydrogens is 323 g/mol. The minimum absolute atomic E-state index is 0.208. The molecule has 1 aromatic carbocycles. The number of nitrogens with one attached hydrogen (secondary N) is 1. The third-order valence-electron chi connectivity index (χ3n) is 4.36.